The van der Waals surface area contributed by atoms with E-state index in [0.29, 0.717) is 0 Å². The normalized spacial score (nSPS) is 24.0. The van der Waals surface area contributed by atoms with Crippen molar-refractivity contribution in [2.24, 2.45) is 0 Å². The molecule has 0 amide bonds. The molecule has 30 valence electrons. The third-order valence-electron chi connectivity index (χ3n) is 0.220. The van der Waals surface area contributed by atoms with E-state index < -0.39 is 0 Å². The molecule has 0 aliphatic carbocycles. The van der Waals surface area contributed by atoms with Gasteiger partial charge in [0.1, 0.15) is 0 Å². The van der Waals surface area contributed by atoms with Crippen LogP contribution in [0.25, 0.3) is 0 Å². The van der Waals surface area contributed by atoms with Crippen LogP contribution in [0.15, 0.2) is 0 Å². The van der Waals surface area contributed by atoms with Gasteiger partial charge in [-0.15, -0.1) is 0 Å². The van der Waals surface area contributed by atoms with Gasteiger partial charge in [0.25, 0.3) is 0 Å². The molecule has 0 aromatic heterocycles. The zero-order valence-electron chi connectivity index (χ0n) is 2.34. The van der Waals surface area contributed by atoms with Gasteiger partial charge in [0.2, 0.25) is 0 Å². The van der Waals surface area contributed by atoms with Crippen molar-refractivity contribution in [1.82, 2.24) is 0 Å². The molecule has 1 heterocycles. The van der Waals surface area contributed by atoms with Crippen molar-refractivity contribution < 1.29 is 0 Å². The van der Waals surface area contributed by atoms with Crippen LogP contribution in [0.2, 0.25) is 2.52 Å². The van der Waals surface area contributed by atoms with Crippen molar-refractivity contribution in [2.75, 3.05) is 0 Å². The van der Waals surface area contributed by atoms with Crippen molar-refractivity contribution in [1.29, 1.82) is 0 Å². The fraction of sp³-hybridized carbons (Fsp3) is 1.00. The first-order valence-electron chi connectivity index (χ1n) is 1.08. The summed E-state index contributed by atoms with van der Waals surface area (Å²) in [5.74, 6) is 0. The van der Waals surface area contributed by atoms with Crippen LogP contribution in [-0.4, -0.2) is 60.5 Å². The first kappa shape index (κ1) is 6.28. The monoisotopic (exact) mass is 534 g/mol. The van der Waals surface area contributed by atoms with Gasteiger partial charge >= 0.3 is 63.0 Å². The summed E-state index contributed by atoms with van der Waals surface area (Å²) < 4.78 is 1.88. The molecule has 0 N–H and O–H groups in total. The SMILES string of the molecule is C1[Te][Te][Te][Te]1. The molecule has 0 atom stereocenters. The Kier molecular flexibility index (Phi) is 5.12. The van der Waals surface area contributed by atoms with E-state index in [2.05, 4.69) is 0 Å². The van der Waals surface area contributed by atoms with Crippen LogP contribution in [0.1, 0.15) is 0 Å². The van der Waals surface area contributed by atoms with E-state index in [1.165, 1.54) is 0 Å². The summed E-state index contributed by atoms with van der Waals surface area (Å²) in [6, 6.07) is 0. The van der Waals surface area contributed by atoms with E-state index in [4.69, 9.17) is 0 Å². The molecule has 5 heavy (non-hydrogen) atoms. The van der Waals surface area contributed by atoms with Gasteiger partial charge in [-0.05, 0) is 0 Å². The molecular formula is CH2Te4. The van der Waals surface area contributed by atoms with Crippen molar-refractivity contribution in [3.05, 3.63) is 0 Å². The topological polar surface area (TPSA) is 0 Å². The van der Waals surface area contributed by atoms with Gasteiger partial charge in [0, 0.05) is 0 Å². The summed E-state index contributed by atoms with van der Waals surface area (Å²) in [7, 11) is 0. The average molecular weight is 524 g/mol. The molecule has 0 bridgehead atoms. The molecule has 1 aliphatic rings. The molecule has 1 rings (SSSR count). The summed E-state index contributed by atoms with van der Waals surface area (Å²) >= 11 is 3.54. The van der Waals surface area contributed by atoms with Crippen LogP contribution in [-0.2, 0) is 0 Å². The third kappa shape index (κ3) is 2.86. The van der Waals surface area contributed by atoms with Crippen molar-refractivity contribution in [3.63, 3.8) is 0 Å². The first-order chi connectivity index (χ1) is 2.50. The Morgan fingerprint density at radius 2 is 1.60 bits per heavy atom. The molecule has 0 nitrogen and oxygen atoms in total. The number of rotatable bonds is 0. The van der Waals surface area contributed by atoms with E-state index in [1.807, 2.05) is 2.52 Å². The van der Waals surface area contributed by atoms with Crippen molar-refractivity contribution >= 4 is 60.5 Å². The van der Waals surface area contributed by atoms with Gasteiger partial charge in [-0.1, -0.05) is 0 Å². The summed E-state index contributed by atoms with van der Waals surface area (Å²) in [6.45, 7) is 0. The molecule has 1 saturated heterocycles. The third-order valence-corrected chi connectivity index (χ3v) is 114. The zero-order chi connectivity index (χ0) is 3.54. The van der Waals surface area contributed by atoms with Crippen molar-refractivity contribution in [3.8, 4) is 0 Å². The zero-order valence-corrected chi connectivity index (χ0v) is 11.7. The van der Waals surface area contributed by atoms with Gasteiger partial charge in [0.05, 0.1) is 0 Å². The van der Waals surface area contributed by atoms with Gasteiger partial charge < -0.3 is 0 Å². The van der Waals surface area contributed by atoms with Gasteiger partial charge in [-0.3, -0.25) is 0 Å². The second-order valence-electron chi connectivity index (χ2n) is 0.490. The second kappa shape index (κ2) is 4.08. The van der Waals surface area contributed by atoms with E-state index in [0.717, 1.165) is 60.5 Å². The standard InChI is InChI=1S/CH2Te4/c1-2-4-5-3-1/h1H2. The number of hydrogen-bond donors (Lipinski definition) is 0. The van der Waals surface area contributed by atoms with Crippen LogP contribution >= 0.6 is 0 Å². The molecule has 4 heteroatoms. The van der Waals surface area contributed by atoms with Crippen LogP contribution in [0.5, 0.6) is 0 Å². The molecule has 0 aromatic carbocycles. The molecule has 0 aromatic rings. The molecule has 1 aliphatic heterocycles. The molecule has 0 radical (unpaired) electrons. The van der Waals surface area contributed by atoms with Gasteiger partial charge in [0.15, 0.2) is 0 Å². The summed E-state index contributed by atoms with van der Waals surface area (Å²) in [5.41, 5.74) is 0. The summed E-state index contributed by atoms with van der Waals surface area (Å²) in [6.07, 6.45) is 0. The Morgan fingerprint density at radius 1 is 1.00 bits per heavy atom. The van der Waals surface area contributed by atoms with Gasteiger partial charge in [-0.25, -0.2) is 0 Å². The maximum absolute atomic E-state index is 1.88. The minimum absolute atomic E-state index is 0.850. The van der Waals surface area contributed by atoms with E-state index in [-0.39, 0.29) is 0 Å². The van der Waals surface area contributed by atoms with E-state index >= 15 is 0 Å². The molecule has 1 fully saturated rings. The quantitative estimate of drug-likeness (QED) is 0.355. The number of hydrogen-bond acceptors (Lipinski definition) is 0. The Labute approximate surface area is 61.1 Å². The molecule has 0 unspecified atom stereocenters. The Hall–Kier alpha value is 3.16. The summed E-state index contributed by atoms with van der Waals surface area (Å²) in [5, 5.41) is 0. The van der Waals surface area contributed by atoms with Crippen LogP contribution in [0, 0.1) is 0 Å². The second-order valence-corrected chi connectivity index (χ2v) is 57.0. The molecule has 0 spiro atoms. The Balaban J connectivity index is 2.08. The van der Waals surface area contributed by atoms with Crippen LogP contribution < -0.4 is 0 Å². The van der Waals surface area contributed by atoms with E-state index in [1.54, 1.807) is 0 Å². The maximum atomic E-state index is 1.88. The molecular weight excluding hydrogens is 522 g/mol. The first-order valence-corrected chi connectivity index (χ1v) is 26.4. The Bertz CT molecular complexity index is 15.2. The fourth-order valence-corrected chi connectivity index (χ4v) is 199. The van der Waals surface area contributed by atoms with E-state index in [9.17, 15) is 0 Å². The molecule has 0 saturated carbocycles. The fourth-order valence-electron chi connectivity index (χ4n) is 0.0982. The predicted octanol–water partition coefficient (Wildman–Crippen LogP) is -1.06. The van der Waals surface area contributed by atoms with Crippen molar-refractivity contribution in [2.45, 2.75) is 2.52 Å². The van der Waals surface area contributed by atoms with Crippen LogP contribution in [0.4, 0.5) is 0 Å². The van der Waals surface area contributed by atoms with Gasteiger partial charge in [-0.2, -0.15) is 0 Å². The predicted molar refractivity (Wildman–Crippen MR) is 27.8 cm³/mol. The summed E-state index contributed by atoms with van der Waals surface area (Å²) in [4.78, 5) is 0. The average Bonchev–Trinajstić information content (AvgIpc) is 1.76. The van der Waals surface area contributed by atoms with Crippen LogP contribution in [0.3, 0.4) is 0 Å². The minimum atomic E-state index is 0.850. The Morgan fingerprint density at radius 3 is 1.80 bits per heavy atom.